The minimum atomic E-state index is -0.971. The van der Waals surface area contributed by atoms with Gasteiger partial charge in [-0.15, -0.1) is 10.2 Å². The number of benzene rings is 1. The number of nitrogens with zero attached hydrogens (tertiary/aromatic N) is 2. The Morgan fingerprint density at radius 3 is 2.84 bits per heavy atom. The van der Waals surface area contributed by atoms with Crippen LogP contribution in [0.5, 0.6) is 0 Å². The van der Waals surface area contributed by atoms with Crippen LogP contribution in [-0.2, 0) is 6.42 Å². The molecular formula is C14H16N2O3. The molecule has 0 bridgehead atoms. The van der Waals surface area contributed by atoms with E-state index in [1.807, 2.05) is 0 Å². The number of rotatable bonds is 5. The van der Waals surface area contributed by atoms with Crippen LogP contribution in [0.1, 0.15) is 36.5 Å². The van der Waals surface area contributed by atoms with Crippen LogP contribution in [0.4, 0.5) is 0 Å². The third-order valence-electron chi connectivity index (χ3n) is 2.76. The average molecular weight is 260 g/mol. The third-order valence-corrected chi connectivity index (χ3v) is 2.76. The van der Waals surface area contributed by atoms with Gasteiger partial charge in [-0.1, -0.05) is 19.9 Å². The van der Waals surface area contributed by atoms with Crippen LogP contribution < -0.4 is 0 Å². The van der Waals surface area contributed by atoms with Gasteiger partial charge in [-0.05, 0) is 30.5 Å². The molecule has 1 aromatic carbocycles. The molecule has 0 aliphatic carbocycles. The number of aromatic carboxylic acids is 1. The maximum absolute atomic E-state index is 10.9. The monoisotopic (exact) mass is 260 g/mol. The summed E-state index contributed by atoms with van der Waals surface area (Å²) in [5, 5.41) is 16.9. The van der Waals surface area contributed by atoms with Crippen molar-refractivity contribution < 1.29 is 14.3 Å². The highest BCUT2D eigenvalue weighted by atomic mass is 16.4. The topological polar surface area (TPSA) is 76.2 Å². The Labute approximate surface area is 111 Å². The molecular weight excluding hydrogens is 244 g/mol. The summed E-state index contributed by atoms with van der Waals surface area (Å²) in [5.41, 5.74) is 0.836. The summed E-state index contributed by atoms with van der Waals surface area (Å²) < 4.78 is 5.54. The molecule has 0 aliphatic rings. The molecule has 0 saturated carbocycles. The first kappa shape index (κ1) is 13.3. The van der Waals surface area contributed by atoms with Gasteiger partial charge in [0.25, 0.3) is 0 Å². The molecule has 5 nitrogen and oxygen atoms in total. The van der Waals surface area contributed by atoms with Crippen molar-refractivity contribution in [1.29, 1.82) is 0 Å². The van der Waals surface area contributed by atoms with Crippen molar-refractivity contribution in [3.05, 3.63) is 35.7 Å². The Morgan fingerprint density at radius 1 is 1.37 bits per heavy atom. The van der Waals surface area contributed by atoms with Crippen LogP contribution in [-0.4, -0.2) is 21.3 Å². The van der Waals surface area contributed by atoms with E-state index in [1.165, 1.54) is 12.1 Å². The van der Waals surface area contributed by atoms with E-state index < -0.39 is 5.97 Å². The Hall–Kier alpha value is -2.17. The zero-order valence-electron chi connectivity index (χ0n) is 11.0. The molecule has 0 atom stereocenters. The molecule has 1 aromatic heterocycles. The van der Waals surface area contributed by atoms with Crippen LogP contribution in [0, 0.1) is 5.92 Å². The standard InChI is InChI=1S/C14H16N2O3/c1-9(2)6-7-12-15-16-13(19-12)10-4-3-5-11(8-10)14(17)18/h3-5,8-9H,6-7H2,1-2H3,(H,17,18). The lowest BCUT2D eigenvalue weighted by molar-refractivity contribution is 0.0697. The van der Waals surface area contributed by atoms with Gasteiger partial charge >= 0.3 is 5.97 Å². The van der Waals surface area contributed by atoms with Crippen molar-refractivity contribution in [3.8, 4) is 11.5 Å². The van der Waals surface area contributed by atoms with Gasteiger partial charge in [0.15, 0.2) is 0 Å². The highest BCUT2D eigenvalue weighted by molar-refractivity contribution is 5.88. The molecule has 0 spiro atoms. The molecule has 100 valence electrons. The molecule has 19 heavy (non-hydrogen) atoms. The minimum absolute atomic E-state index is 0.208. The summed E-state index contributed by atoms with van der Waals surface area (Å²) in [6.45, 7) is 4.27. The fourth-order valence-electron chi connectivity index (χ4n) is 1.67. The van der Waals surface area contributed by atoms with Crippen molar-refractivity contribution in [3.63, 3.8) is 0 Å². The second kappa shape index (κ2) is 5.65. The number of carboxylic acids is 1. The van der Waals surface area contributed by atoms with Crippen molar-refractivity contribution in [2.75, 3.05) is 0 Å². The van der Waals surface area contributed by atoms with Gasteiger partial charge in [0, 0.05) is 12.0 Å². The molecule has 5 heteroatoms. The molecule has 0 amide bonds. The summed E-state index contributed by atoms with van der Waals surface area (Å²) in [7, 11) is 0. The first-order valence-corrected chi connectivity index (χ1v) is 6.22. The summed E-state index contributed by atoms with van der Waals surface area (Å²) >= 11 is 0. The number of aryl methyl sites for hydroxylation is 1. The highest BCUT2D eigenvalue weighted by Crippen LogP contribution is 2.20. The lowest BCUT2D eigenvalue weighted by atomic mass is 10.1. The van der Waals surface area contributed by atoms with Crippen LogP contribution in [0.15, 0.2) is 28.7 Å². The van der Waals surface area contributed by atoms with Crippen LogP contribution >= 0.6 is 0 Å². The summed E-state index contributed by atoms with van der Waals surface area (Å²) in [6, 6.07) is 6.48. The summed E-state index contributed by atoms with van der Waals surface area (Å²) in [6.07, 6.45) is 1.72. The van der Waals surface area contributed by atoms with E-state index in [4.69, 9.17) is 9.52 Å². The predicted octanol–water partition coefficient (Wildman–Crippen LogP) is 3.02. The Morgan fingerprint density at radius 2 is 2.16 bits per heavy atom. The van der Waals surface area contributed by atoms with E-state index in [1.54, 1.807) is 12.1 Å². The van der Waals surface area contributed by atoms with Crippen molar-refractivity contribution in [2.45, 2.75) is 26.7 Å². The van der Waals surface area contributed by atoms with E-state index in [2.05, 4.69) is 24.0 Å². The Bertz CT molecular complexity index is 576. The molecule has 0 radical (unpaired) electrons. The average Bonchev–Trinajstić information content (AvgIpc) is 2.85. The molecule has 0 aliphatic heterocycles. The Kier molecular flexibility index (Phi) is 3.94. The van der Waals surface area contributed by atoms with Gasteiger partial charge in [-0.25, -0.2) is 4.79 Å². The highest BCUT2D eigenvalue weighted by Gasteiger charge is 2.11. The fourth-order valence-corrected chi connectivity index (χ4v) is 1.67. The lowest BCUT2D eigenvalue weighted by Gasteiger charge is -1.99. The maximum atomic E-state index is 10.9. The van der Waals surface area contributed by atoms with E-state index in [-0.39, 0.29) is 5.56 Å². The van der Waals surface area contributed by atoms with Crippen LogP contribution in [0.25, 0.3) is 11.5 Å². The second-order valence-corrected chi connectivity index (χ2v) is 4.82. The summed E-state index contributed by atoms with van der Waals surface area (Å²) in [4.78, 5) is 10.9. The third kappa shape index (κ3) is 3.40. The summed E-state index contributed by atoms with van der Waals surface area (Å²) in [5.74, 6) is 0.554. The Balaban J connectivity index is 2.18. The molecule has 1 heterocycles. The minimum Gasteiger partial charge on any atom is -0.478 e. The second-order valence-electron chi connectivity index (χ2n) is 4.82. The number of carbonyl (C=O) groups is 1. The van der Waals surface area contributed by atoms with Gasteiger partial charge < -0.3 is 9.52 Å². The molecule has 0 saturated heterocycles. The molecule has 2 rings (SSSR count). The van der Waals surface area contributed by atoms with Crippen molar-refractivity contribution in [2.24, 2.45) is 5.92 Å². The van der Waals surface area contributed by atoms with Gasteiger partial charge in [0.1, 0.15) is 0 Å². The van der Waals surface area contributed by atoms with Crippen molar-refractivity contribution >= 4 is 5.97 Å². The lowest BCUT2D eigenvalue weighted by Crippen LogP contribution is -1.95. The number of carboxylic acid groups (broad SMARTS) is 1. The quantitative estimate of drug-likeness (QED) is 0.894. The van der Waals surface area contributed by atoms with Gasteiger partial charge in [-0.2, -0.15) is 0 Å². The fraction of sp³-hybridized carbons (Fsp3) is 0.357. The number of hydrogen-bond donors (Lipinski definition) is 1. The van der Waals surface area contributed by atoms with Gasteiger partial charge in [-0.3, -0.25) is 0 Å². The van der Waals surface area contributed by atoms with Gasteiger partial charge in [0.05, 0.1) is 5.56 Å². The van der Waals surface area contributed by atoms with E-state index in [9.17, 15) is 4.79 Å². The molecule has 2 aromatic rings. The molecule has 0 unspecified atom stereocenters. The first-order valence-electron chi connectivity index (χ1n) is 6.22. The normalized spacial score (nSPS) is 10.9. The predicted molar refractivity (Wildman–Crippen MR) is 69.9 cm³/mol. The van der Waals surface area contributed by atoms with Crippen molar-refractivity contribution in [1.82, 2.24) is 10.2 Å². The van der Waals surface area contributed by atoms with E-state index in [0.717, 1.165) is 12.8 Å². The van der Waals surface area contributed by atoms with E-state index in [0.29, 0.717) is 23.3 Å². The van der Waals surface area contributed by atoms with E-state index >= 15 is 0 Å². The first-order chi connectivity index (χ1) is 9.06. The van der Waals surface area contributed by atoms with Crippen LogP contribution in [0.2, 0.25) is 0 Å². The zero-order chi connectivity index (χ0) is 13.8. The van der Waals surface area contributed by atoms with Gasteiger partial charge in [0.2, 0.25) is 11.8 Å². The maximum Gasteiger partial charge on any atom is 0.335 e. The number of hydrogen-bond acceptors (Lipinski definition) is 4. The van der Waals surface area contributed by atoms with Crippen LogP contribution in [0.3, 0.4) is 0 Å². The molecule has 1 N–H and O–H groups in total. The SMILES string of the molecule is CC(C)CCc1nnc(-c2cccc(C(=O)O)c2)o1. The smallest absolute Gasteiger partial charge is 0.335 e. The zero-order valence-corrected chi connectivity index (χ0v) is 11.0. The number of aromatic nitrogens is 2. The largest absolute Gasteiger partial charge is 0.478 e. The molecule has 0 fully saturated rings.